The lowest BCUT2D eigenvalue weighted by Crippen LogP contribution is -1.89. The Kier molecular flexibility index (Phi) is 1.93. The van der Waals surface area contributed by atoms with E-state index in [0.29, 0.717) is 6.04 Å². The van der Waals surface area contributed by atoms with E-state index in [1.165, 1.54) is 22.0 Å². The van der Waals surface area contributed by atoms with Crippen LogP contribution in [-0.4, -0.2) is 5.71 Å². The van der Waals surface area contributed by atoms with Crippen molar-refractivity contribution in [3.63, 3.8) is 0 Å². The summed E-state index contributed by atoms with van der Waals surface area (Å²) in [5.41, 5.74) is 2.56. The van der Waals surface area contributed by atoms with Crippen LogP contribution in [0.25, 0.3) is 10.8 Å². The fourth-order valence-corrected chi connectivity index (χ4v) is 2.46. The van der Waals surface area contributed by atoms with Crippen LogP contribution >= 0.6 is 15.9 Å². The standard InChI is InChI=1S/C13H10BrN/c1-8-13(15-8)11-6-7-12(14)10-5-3-2-4-9(10)11/h2-7,13H,1H3. The molecule has 74 valence electrons. The maximum Gasteiger partial charge on any atom is 0.113 e. The van der Waals surface area contributed by atoms with E-state index in [2.05, 4.69) is 64.2 Å². The summed E-state index contributed by atoms with van der Waals surface area (Å²) in [5, 5.41) is 2.57. The zero-order valence-electron chi connectivity index (χ0n) is 8.37. The van der Waals surface area contributed by atoms with Crippen LogP contribution in [0.5, 0.6) is 0 Å². The van der Waals surface area contributed by atoms with Crippen LogP contribution in [0.15, 0.2) is 45.9 Å². The molecule has 2 heteroatoms. The van der Waals surface area contributed by atoms with E-state index in [1.807, 2.05) is 0 Å². The maximum absolute atomic E-state index is 4.41. The molecule has 1 unspecified atom stereocenters. The van der Waals surface area contributed by atoms with E-state index in [0.717, 1.165) is 4.47 Å². The van der Waals surface area contributed by atoms with E-state index in [9.17, 15) is 0 Å². The van der Waals surface area contributed by atoms with E-state index < -0.39 is 0 Å². The highest BCUT2D eigenvalue weighted by Crippen LogP contribution is 2.37. The van der Waals surface area contributed by atoms with Gasteiger partial charge in [0.1, 0.15) is 6.04 Å². The van der Waals surface area contributed by atoms with Gasteiger partial charge in [-0.2, -0.15) is 0 Å². The number of rotatable bonds is 1. The predicted octanol–water partition coefficient (Wildman–Crippen LogP) is 4.12. The highest BCUT2D eigenvalue weighted by molar-refractivity contribution is 9.10. The fraction of sp³-hybridized carbons (Fsp3) is 0.154. The molecule has 0 aromatic heterocycles. The third-order valence-corrected chi connectivity index (χ3v) is 3.55. The Labute approximate surface area is 97.0 Å². The van der Waals surface area contributed by atoms with E-state index in [4.69, 9.17) is 0 Å². The summed E-state index contributed by atoms with van der Waals surface area (Å²) >= 11 is 3.58. The number of hydrogen-bond acceptors (Lipinski definition) is 1. The van der Waals surface area contributed by atoms with E-state index in [1.54, 1.807) is 0 Å². The lowest BCUT2D eigenvalue weighted by Gasteiger charge is -2.06. The molecule has 0 bridgehead atoms. The molecule has 0 N–H and O–H groups in total. The van der Waals surface area contributed by atoms with Gasteiger partial charge in [-0.15, -0.1) is 0 Å². The van der Waals surface area contributed by atoms with Crippen molar-refractivity contribution in [3.05, 3.63) is 46.4 Å². The molecule has 0 spiro atoms. The quantitative estimate of drug-likeness (QED) is 0.731. The summed E-state index contributed by atoms with van der Waals surface area (Å²) in [4.78, 5) is 4.41. The molecule has 0 fully saturated rings. The van der Waals surface area contributed by atoms with Crippen molar-refractivity contribution < 1.29 is 0 Å². The monoisotopic (exact) mass is 259 g/mol. The topological polar surface area (TPSA) is 12.4 Å². The first-order valence-corrected chi connectivity index (χ1v) is 5.78. The van der Waals surface area contributed by atoms with Crippen LogP contribution in [0.2, 0.25) is 0 Å². The molecule has 2 aromatic carbocycles. The number of aliphatic imine (C=N–C) groups is 1. The number of hydrogen-bond donors (Lipinski definition) is 0. The smallest absolute Gasteiger partial charge is 0.113 e. The molecule has 1 heterocycles. The summed E-state index contributed by atoms with van der Waals surface area (Å²) in [5.74, 6) is 0. The van der Waals surface area contributed by atoms with Gasteiger partial charge in [-0.25, -0.2) is 0 Å². The second-order valence-electron chi connectivity index (χ2n) is 3.86. The fourth-order valence-electron chi connectivity index (χ4n) is 1.99. The Morgan fingerprint density at radius 2 is 1.73 bits per heavy atom. The van der Waals surface area contributed by atoms with Crippen LogP contribution in [0.4, 0.5) is 0 Å². The third-order valence-electron chi connectivity index (χ3n) is 2.86. The minimum absolute atomic E-state index is 0.336. The predicted molar refractivity (Wildman–Crippen MR) is 67.5 cm³/mol. The Balaban J connectivity index is 2.27. The maximum atomic E-state index is 4.41. The highest BCUT2D eigenvalue weighted by atomic mass is 79.9. The molecular formula is C13H10BrN. The summed E-state index contributed by atoms with van der Waals surface area (Å²) in [6, 6.07) is 13.1. The van der Waals surface area contributed by atoms with Gasteiger partial charge in [0.25, 0.3) is 0 Å². The van der Waals surface area contributed by atoms with Crippen molar-refractivity contribution in [1.82, 2.24) is 0 Å². The van der Waals surface area contributed by atoms with Crippen LogP contribution in [0.3, 0.4) is 0 Å². The first kappa shape index (κ1) is 9.10. The zero-order chi connectivity index (χ0) is 10.4. The van der Waals surface area contributed by atoms with Gasteiger partial charge in [0.2, 0.25) is 0 Å². The summed E-state index contributed by atoms with van der Waals surface area (Å²) < 4.78 is 1.15. The molecule has 0 amide bonds. The first-order chi connectivity index (χ1) is 7.27. The minimum atomic E-state index is 0.336. The number of halogens is 1. The SMILES string of the molecule is CC1=NC1c1ccc(Br)c2ccccc12. The van der Waals surface area contributed by atoms with E-state index in [-0.39, 0.29) is 0 Å². The minimum Gasteiger partial charge on any atom is -0.278 e. The molecule has 1 aliphatic rings. The van der Waals surface area contributed by atoms with Gasteiger partial charge in [0.05, 0.1) is 0 Å². The van der Waals surface area contributed by atoms with Crippen molar-refractivity contribution >= 4 is 32.4 Å². The molecule has 1 nitrogen and oxygen atoms in total. The molecule has 1 aliphatic heterocycles. The molecule has 15 heavy (non-hydrogen) atoms. The summed E-state index contributed by atoms with van der Waals surface area (Å²) in [6.07, 6.45) is 0. The van der Waals surface area contributed by atoms with Gasteiger partial charge in [-0.3, -0.25) is 4.99 Å². The molecule has 3 rings (SSSR count). The van der Waals surface area contributed by atoms with Crippen LogP contribution < -0.4 is 0 Å². The number of benzene rings is 2. The van der Waals surface area contributed by atoms with E-state index >= 15 is 0 Å². The second kappa shape index (κ2) is 3.17. The Morgan fingerprint density at radius 1 is 1.07 bits per heavy atom. The van der Waals surface area contributed by atoms with Gasteiger partial charge in [-0.1, -0.05) is 46.3 Å². The van der Waals surface area contributed by atoms with Crippen molar-refractivity contribution in [1.29, 1.82) is 0 Å². The van der Waals surface area contributed by atoms with Crippen molar-refractivity contribution in [2.45, 2.75) is 13.0 Å². The highest BCUT2D eigenvalue weighted by Gasteiger charge is 2.26. The average molecular weight is 260 g/mol. The molecule has 0 saturated heterocycles. The third kappa shape index (κ3) is 1.40. The van der Waals surface area contributed by atoms with Crippen molar-refractivity contribution in [3.8, 4) is 0 Å². The Bertz CT molecular complexity index is 572. The van der Waals surface area contributed by atoms with Gasteiger partial charge in [0, 0.05) is 10.2 Å². The van der Waals surface area contributed by atoms with Crippen molar-refractivity contribution in [2.24, 2.45) is 4.99 Å². The summed E-state index contributed by atoms with van der Waals surface area (Å²) in [6.45, 7) is 2.08. The average Bonchev–Trinajstić information content (AvgIpc) is 2.96. The Morgan fingerprint density at radius 3 is 2.40 bits per heavy atom. The zero-order valence-corrected chi connectivity index (χ0v) is 9.95. The molecule has 1 atom stereocenters. The lowest BCUT2D eigenvalue weighted by atomic mass is 10.0. The first-order valence-electron chi connectivity index (χ1n) is 4.99. The lowest BCUT2D eigenvalue weighted by molar-refractivity contribution is 1.15. The largest absolute Gasteiger partial charge is 0.278 e. The van der Waals surface area contributed by atoms with Crippen LogP contribution in [0, 0.1) is 0 Å². The van der Waals surface area contributed by atoms with Crippen LogP contribution in [0.1, 0.15) is 18.5 Å². The molecular weight excluding hydrogens is 250 g/mol. The molecule has 2 aromatic rings. The molecule has 0 radical (unpaired) electrons. The normalized spacial score (nSPS) is 19.1. The number of nitrogens with zero attached hydrogens (tertiary/aromatic N) is 1. The second-order valence-corrected chi connectivity index (χ2v) is 4.71. The van der Waals surface area contributed by atoms with Gasteiger partial charge in [-0.05, 0) is 29.3 Å². The van der Waals surface area contributed by atoms with Crippen molar-refractivity contribution in [2.75, 3.05) is 0 Å². The van der Waals surface area contributed by atoms with Gasteiger partial charge in [0.15, 0.2) is 0 Å². The molecule has 0 aliphatic carbocycles. The number of fused-ring (bicyclic) bond motifs is 1. The van der Waals surface area contributed by atoms with Gasteiger partial charge < -0.3 is 0 Å². The molecule has 0 saturated carbocycles. The summed E-state index contributed by atoms with van der Waals surface area (Å²) in [7, 11) is 0. The van der Waals surface area contributed by atoms with Crippen LogP contribution in [-0.2, 0) is 0 Å². The van der Waals surface area contributed by atoms with Gasteiger partial charge >= 0.3 is 0 Å². The Hall–Kier alpha value is -1.15.